The predicted molar refractivity (Wildman–Crippen MR) is 14.9 cm³/mol. The Labute approximate surface area is 67.4 Å². The van der Waals surface area contributed by atoms with E-state index < -0.39 is 0 Å². The van der Waals surface area contributed by atoms with Gasteiger partial charge in [-0.05, 0) is 0 Å². The largest absolute Gasteiger partial charge is 4.00 e. The molecule has 0 atom stereocenters. The summed E-state index contributed by atoms with van der Waals surface area (Å²) in [5.74, 6) is 0. The Kier molecular flexibility index (Phi) is 15900. The molecule has 0 radical (unpaired) electrons. The van der Waals surface area contributed by atoms with E-state index in [1.165, 1.54) is 0 Å². The molecule has 0 unspecified atom stereocenters. The molecule has 0 fully saturated rings. The zero-order chi connectivity index (χ0) is 2.00. The first-order chi connectivity index (χ1) is 1.00. The van der Waals surface area contributed by atoms with Crippen LogP contribution >= 0.6 is 0 Å². The van der Waals surface area contributed by atoms with Crippen molar-refractivity contribution in [1.29, 1.82) is 0 Å². The Balaban J connectivity index is -0.000000000333. The molecular weight excluding hydrogens is 202 g/mol. The smallest absolute Gasteiger partial charge is 2.00 e. The third-order valence-corrected chi connectivity index (χ3v) is 0. The van der Waals surface area contributed by atoms with Gasteiger partial charge in [-0.15, -0.1) is 0 Å². The molecule has 0 aliphatic carbocycles. The fourth-order valence-corrected chi connectivity index (χ4v) is 0. The van der Waals surface area contributed by atoms with Crippen LogP contribution < -0.4 is 0 Å². The maximum atomic E-state index is 8.06. The van der Waals surface area contributed by atoms with Gasteiger partial charge < -0.3 is 21.9 Å². The van der Waals surface area contributed by atoms with Crippen LogP contribution in [0, 0.1) is 0 Å². The Morgan fingerprint density at radius 3 is 0.750 bits per heavy atom. The fourth-order valence-electron chi connectivity index (χ4n) is 0. The second-order valence-electron chi connectivity index (χ2n) is 0. The first-order valence-electron chi connectivity index (χ1n) is 0.204. The minimum absolute atomic E-state index is 0. The zero-order valence-electron chi connectivity index (χ0n) is 3.75. The van der Waals surface area contributed by atoms with Crippen LogP contribution in [0.3, 0.4) is 0 Å². The van der Waals surface area contributed by atoms with Crippen molar-refractivity contribution in [3.63, 3.8) is 0 Å². The molecule has 0 rings (SSSR count). The van der Waals surface area contributed by atoms with E-state index >= 15 is 0 Å². The molecule has 0 saturated heterocycles. The van der Waals surface area contributed by atoms with Crippen molar-refractivity contribution in [1.82, 2.24) is 0 Å². The summed E-state index contributed by atoms with van der Waals surface area (Å²) in [5, 5.41) is 0. The average molecular weight is 202 g/mol. The zero-order valence-corrected chi connectivity index (χ0v) is 8.72. The SMILES string of the molecule is O=[Si+2].[O-2].[O-2].[O-2].[O-2].[Si+4].[Zn+2]. The Hall–Kier alpha value is 0.697. The van der Waals surface area contributed by atoms with Gasteiger partial charge in [0.15, 0.2) is 0 Å². The molecule has 0 aromatic heterocycles. The molecule has 0 amide bonds. The monoisotopic (exact) mass is 200 g/mol. The predicted octanol–water partition coefficient (Wildman–Crippen LogP) is -1.36. The van der Waals surface area contributed by atoms with Gasteiger partial charge >= 0.3 is 45.0 Å². The van der Waals surface area contributed by atoms with Gasteiger partial charge in [0.2, 0.25) is 0 Å². The maximum Gasteiger partial charge on any atom is 4.00 e. The molecule has 0 aliphatic rings. The molecule has 5 nitrogen and oxygen atoms in total. The minimum Gasteiger partial charge on any atom is -2.00 e. The van der Waals surface area contributed by atoms with Crippen LogP contribution in [-0.2, 0) is 45.8 Å². The summed E-state index contributed by atoms with van der Waals surface area (Å²) in [6, 6.07) is 0. The second-order valence-corrected chi connectivity index (χ2v) is 0. The summed E-state index contributed by atoms with van der Waals surface area (Å²) in [4.78, 5) is 0. The van der Waals surface area contributed by atoms with Crippen LogP contribution in [0.4, 0.5) is 0 Å². The van der Waals surface area contributed by atoms with E-state index in [9.17, 15) is 0 Å². The Morgan fingerprint density at radius 2 is 0.750 bits per heavy atom. The summed E-state index contributed by atoms with van der Waals surface area (Å²) >= 11 is 0. The molecule has 8 heavy (non-hydrogen) atoms. The quantitative estimate of drug-likeness (QED) is 0.440. The van der Waals surface area contributed by atoms with Crippen LogP contribution in [0.5, 0.6) is 0 Å². The van der Waals surface area contributed by atoms with Gasteiger partial charge in [-0.1, -0.05) is 0 Å². The normalized spacial score (nSPS) is 0.750. The first kappa shape index (κ1) is 179. The molecule has 8 heteroatoms. The van der Waals surface area contributed by atoms with Crippen molar-refractivity contribution in [3.05, 3.63) is 0 Å². The molecule has 0 aromatic carbocycles. The van der Waals surface area contributed by atoms with Crippen LogP contribution in [0.2, 0.25) is 0 Å². The third-order valence-electron chi connectivity index (χ3n) is 0. The topological polar surface area (TPSA) is 131 Å². The minimum atomic E-state index is 0. The summed E-state index contributed by atoms with van der Waals surface area (Å²) < 4.78 is 8.06. The summed E-state index contributed by atoms with van der Waals surface area (Å²) in [7, 11) is 1.72. The number of hydrogen-bond acceptors (Lipinski definition) is 1. The average Bonchev–Trinajstić information content (AvgIpc) is 1.00. The molecule has 0 saturated carbocycles. The molecule has 0 heterocycles. The van der Waals surface area contributed by atoms with E-state index in [0.29, 0.717) is 0 Å². The molecule has 0 aliphatic heterocycles. The van der Waals surface area contributed by atoms with E-state index in [-0.39, 0.29) is 52.3 Å². The molecule has 0 N–H and O–H groups in total. The van der Waals surface area contributed by atoms with E-state index in [1.54, 1.807) is 10.1 Å². The molecule has 0 bridgehead atoms. The third kappa shape index (κ3) is 447. The summed E-state index contributed by atoms with van der Waals surface area (Å²) in [6.45, 7) is 0. The number of hydrogen-bond donors (Lipinski definition) is 0. The van der Waals surface area contributed by atoms with E-state index in [4.69, 9.17) is 4.46 Å². The fraction of sp³-hybridized carbons (Fsp3) is 0. The van der Waals surface area contributed by atoms with Gasteiger partial charge in [0.05, 0.1) is 0 Å². The maximum absolute atomic E-state index is 8.06. The molecule has 0 aromatic rings. The van der Waals surface area contributed by atoms with E-state index in [1.807, 2.05) is 0 Å². The number of rotatable bonds is 0. The van der Waals surface area contributed by atoms with Gasteiger partial charge in [-0.25, -0.2) is 0 Å². The molecular formula is O5Si2Zn. The van der Waals surface area contributed by atoms with Gasteiger partial charge in [-0.3, -0.25) is 0 Å². The van der Waals surface area contributed by atoms with Crippen molar-refractivity contribution in [2.75, 3.05) is 0 Å². The van der Waals surface area contributed by atoms with Gasteiger partial charge in [0, 0.05) is 0 Å². The van der Waals surface area contributed by atoms with Gasteiger partial charge in [0.25, 0.3) is 0 Å². The standard InChI is InChI=1S/OSi.4O.Si.Zn/c1-2;;;;;;/q+2;4*-2;+4;+2. The van der Waals surface area contributed by atoms with Crippen molar-refractivity contribution in [3.8, 4) is 0 Å². The van der Waals surface area contributed by atoms with Crippen molar-refractivity contribution < 1.29 is 45.8 Å². The van der Waals surface area contributed by atoms with E-state index in [0.717, 1.165) is 0 Å². The van der Waals surface area contributed by atoms with Crippen molar-refractivity contribution in [2.24, 2.45) is 0 Å². The van der Waals surface area contributed by atoms with Crippen molar-refractivity contribution in [2.45, 2.75) is 0 Å². The van der Waals surface area contributed by atoms with Crippen molar-refractivity contribution >= 4 is 21.1 Å². The molecule has 0 spiro atoms. The first-order valence-corrected chi connectivity index (χ1v) is 0.612. The summed E-state index contributed by atoms with van der Waals surface area (Å²) in [5.41, 5.74) is 0. The second kappa shape index (κ2) is 710. The van der Waals surface area contributed by atoms with Crippen LogP contribution in [-0.4, -0.2) is 21.1 Å². The molecule has 40 valence electrons. The van der Waals surface area contributed by atoms with Gasteiger partial charge in [-0.2, -0.15) is 0 Å². The van der Waals surface area contributed by atoms with Gasteiger partial charge in [0.1, 0.15) is 0 Å². The van der Waals surface area contributed by atoms with Crippen LogP contribution in [0.1, 0.15) is 0 Å². The van der Waals surface area contributed by atoms with Crippen LogP contribution in [0.15, 0.2) is 0 Å². The summed E-state index contributed by atoms with van der Waals surface area (Å²) in [6.07, 6.45) is 0. The van der Waals surface area contributed by atoms with Crippen LogP contribution in [0.25, 0.3) is 0 Å². The Morgan fingerprint density at radius 1 is 0.750 bits per heavy atom. The Bertz CT molecular complexity index is 10.4. The van der Waals surface area contributed by atoms with E-state index in [2.05, 4.69) is 0 Å².